The highest BCUT2D eigenvalue weighted by molar-refractivity contribution is 6.00. The van der Waals surface area contributed by atoms with Crippen LogP contribution in [0.1, 0.15) is 40.7 Å². The molecule has 5 aromatic carbocycles. The van der Waals surface area contributed by atoms with Gasteiger partial charge in [0, 0.05) is 22.5 Å². The third-order valence-electron chi connectivity index (χ3n) is 12.8. The van der Waals surface area contributed by atoms with Crippen LogP contribution in [0.25, 0.3) is 77.6 Å². The van der Waals surface area contributed by atoms with E-state index in [1.54, 1.807) is 58.6 Å². The number of nitrogens with zero attached hydrogens (tertiary/aromatic N) is 10. The highest BCUT2D eigenvalue weighted by Crippen LogP contribution is 2.35. The molecule has 0 amide bonds. The Morgan fingerprint density at radius 3 is 2.00 bits per heavy atom. The summed E-state index contributed by atoms with van der Waals surface area (Å²) in [5.41, 5.74) is 18.8. The lowest BCUT2D eigenvalue weighted by Crippen LogP contribution is -2.25. The molecule has 15 nitrogen and oxygen atoms in total. The zero-order valence-electron chi connectivity index (χ0n) is 39.2. The number of fused-ring (bicyclic) bond motifs is 4. The van der Waals surface area contributed by atoms with Crippen LogP contribution in [0.3, 0.4) is 0 Å². The SMILES string of the molecule is Cc1ccccc1-n1c(Cn2nc(-c3ccc(F)cc3)c3c(N)nc(-c4cc(C)c5c(=O)n(-c6ccccc6F)c(Cn6nc(C#C[C@@H](C)O)c7c(N)ncnc76)cc5c4)nc32)cc2cccc(C)c2c1=O. The minimum atomic E-state index is -0.963. The summed E-state index contributed by atoms with van der Waals surface area (Å²) in [5, 5.41) is 22.6. The molecular formula is C55H42F2N12O3. The number of nitrogen functional groups attached to an aromatic ring is 2. The predicted molar refractivity (Wildman–Crippen MR) is 274 cm³/mol. The van der Waals surface area contributed by atoms with Crippen molar-refractivity contribution in [2.45, 2.75) is 46.9 Å². The summed E-state index contributed by atoms with van der Waals surface area (Å²) < 4.78 is 36.3. The number of aliphatic hydroxyl groups is 1. The first-order valence-corrected chi connectivity index (χ1v) is 22.9. The first-order valence-electron chi connectivity index (χ1n) is 22.9. The van der Waals surface area contributed by atoms with Gasteiger partial charge in [0.15, 0.2) is 17.1 Å². The van der Waals surface area contributed by atoms with Gasteiger partial charge in [-0.15, -0.1) is 0 Å². The molecule has 0 aliphatic heterocycles. The van der Waals surface area contributed by atoms with Crippen molar-refractivity contribution in [1.82, 2.24) is 48.6 Å². The number of nitrogens with two attached hydrogens (primary N) is 2. The average Bonchev–Trinajstić information content (AvgIpc) is 3.90. The molecule has 6 heterocycles. The molecule has 0 radical (unpaired) electrons. The van der Waals surface area contributed by atoms with E-state index in [0.717, 1.165) is 16.5 Å². The summed E-state index contributed by atoms with van der Waals surface area (Å²) >= 11 is 0. The molecule has 1 atom stereocenters. The number of anilines is 2. The van der Waals surface area contributed by atoms with Crippen LogP contribution in [0.4, 0.5) is 20.4 Å². The number of aromatic nitrogens is 10. The highest BCUT2D eigenvalue weighted by Gasteiger charge is 2.25. The average molecular weight is 957 g/mol. The van der Waals surface area contributed by atoms with E-state index in [4.69, 9.17) is 26.5 Å². The molecular weight excluding hydrogens is 915 g/mol. The molecule has 0 aliphatic rings. The molecule has 0 saturated heterocycles. The number of benzene rings is 5. The summed E-state index contributed by atoms with van der Waals surface area (Å²) in [4.78, 5) is 48.1. The molecule has 354 valence electrons. The maximum atomic E-state index is 15.8. The normalized spacial score (nSPS) is 12.0. The summed E-state index contributed by atoms with van der Waals surface area (Å²) in [7, 11) is 0. The van der Waals surface area contributed by atoms with E-state index in [9.17, 15) is 19.1 Å². The maximum Gasteiger partial charge on any atom is 0.263 e. The summed E-state index contributed by atoms with van der Waals surface area (Å²) in [6.07, 6.45) is 0.319. The number of hydrogen-bond acceptors (Lipinski definition) is 11. The van der Waals surface area contributed by atoms with Crippen LogP contribution in [0.15, 0.2) is 131 Å². The van der Waals surface area contributed by atoms with Gasteiger partial charge >= 0.3 is 0 Å². The van der Waals surface area contributed by atoms with Crippen molar-refractivity contribution < 1.29 is 13.9 Å². The third kappa shape index (κ3) is 7.66. The van der Waals surface area contributed by atoms with Gasteiger partial charge in [-0.1, -0.05) is 54.5 Å². The second-order valence-corrected chi connectivity index (χ2v) is 17.6. The van der Waals surface area contributed by atoms with Crippen LogP contribution in [-0.4, -0.2) is 59.8 Å². The van der Waals surface area contributed by atoms with Gasteiger partial charge in [-0.3, -0.25) is 18.7 Å². The van der Waals surface area contributed by atoms with Gasteiger partial charge in [-0.2, -0.15) is 10.2 Å². The minimum Gasteiger partial charge on any atom is -0.383 e. The number of para-hydroxylation sites is 2. The molecule has 11 aromatic rings. The smallest absolute Gasteiger partial charge is 0.263 e. The topological polar surface area (TPSA) is 203 Å². The fourth-order valence-corrected chi connectivity index (χ4v) is 9.49. The monoisotopic (exact) mass is 956 g/mol. The summed E-state index contributed by atoms with van der Waals surface area (Å²) in [5.74, 6) is 4.89. The van der Waals surface area contributed by atoms with Crippen LogP contribution in [0, 0.1) is 44.2 Å². The second kappa shape index (κ2) is 17.5. The van der Waals surface area contributed by atoms with E-state index in [1.165, 1.54) is 46.8 Å². The number of aliphatic hydroxyl groups excluding tert-OH is 1. The van der Waals surface area contributed by atoms with E-state index < -0.39 is 23.3 Å². The quantitative estimate of drug-likeness (QED) is 0.124. The lowest BCUT2D eigenvalue weighted by Gasteiger charge is -2.18. The Hall–Kier alpha value is -9.40. The standard InChI is InChI=1S/C55H42F2N12O3/c1-29-10-5-7-14-42(29)68-38(24-34-12-9-11-30(2)44(34)54(68)71)27-67-53-47(48(65-67)33-17-19-37(56)20-18-33)50(59)62-51(63-53)36-22-31(3)45-35(23-36)25-39(69(55(45)72)43-15-8-6-13-40(43)57)26-66-52-46(49(58)60-28-61-52)41(64-66)21-16-32(4)70/h5-15,17-20,22-25,28,32,70H,26-27H2,1-4H3,(H2,58,60,61)(H2,59,62,63)/t32-/m1/s1. The number of aryl methyl sites for hydroxylation is 3. The Balaban J connectivity index is 1.12. The van der Waals surface area contributed by atoms with Crippen LogP contribution < -0.4 is 22.6 Å². The molecule has 72 heavy (non-hydrogen) atoms. The molecule has 6 aromatic heterocycles. The van der Waals surface area contributed by atoms with Crippen molar-refractivity contribution in [3.63, 3.8) is 0 Å². The molecule has 17 heteroatoms. The lowest BCUT2D eigenvalue weighted by atomic mass is 10.0. The third-order valence-corrected chi connectivity index (χ3v) is 12.8. The van der Waals surface area contributed by atoms with E-state index in [0.29, 0.717) is 77.7 Å². The van der Waals surface area contributed by atoms with Crippen molar-refractivity contribution >= 4 is 55.2 Å². The Labute approximate surface area is 408 Å². The van der Waals surface area contributed by atoms with Gasteiger partial charge in [0.05, 0.1) is 46.0 Å². The molecule has 5 N–H and O–H groups in total. The van der Waals surface area contributed by atoms with Crippen molar-refractivity contribution in [2.24, 2.45) is 0 Å². The largest absolute Gasteiger partial charge is 0.383 e. The molecule has 11 rings (SSSR count). The van der Waals surface area contributed by atoms with Crippen LogP contribution in [-0.2, 0) is 13.1 Å². The van der Waals surface area contributed by atoms with Gasteiger partial charge in [-0.25, -0.2) is 38.1 Å². The van der Waals surface area contributed by atoms with Crippen LogP contribution in [0.5, 0.6) is 0 Å². The molecule has 0 aliphatic carbocycles. The predicted octanol–water partition coefficient (Wildman–Crippen LogP) is 8.10. The van der Waals surface area contributed by atoms with Crippen molar-refractivity contribution in [3.05, 3.63) is 188 Å². The van der Waals surface area contributed by atoms with Crippen LogP contribution >= 0.6 is 0 Å². The molecule has 0 bridgehead atoms. The van der Waals surface area contributed by atoms with Crippen molar-refractivity contribution in [2.75, 3.05) is 11.5 Å². The Bertz CT molecular complexity index is 4240. The van der Waals surface area contributed by atoms with Crippen LogP contribution in [0.2, 0.25) is 0 Å². The van der Waals surface area contributed by atoms with E-state index >= 15 is 4.39 Å². The van der Waals surface area contributed by atoms with Gasteiger partial charge < -0.3 is 16.6 Å². The zero-order chi connectivity index (χ0) is 50.1. The fourth-order valence-electron chi connectivity index (χ4n) is 9.49. The van der Waals surface area contributed by atoms with E-state index in [2.05, 4.69) is 26.9 Å². The summed E-state index contributed by atoms with van der Waals surface area (Å²) in [6.45, 7) is 7.11. The van der Waals surface area contributed by atoms with Gasteiger partial charge in [0.1, 0.15) is 47.1 Å². The molecule has 0 unspecified atom stereocenters. The van der Waals surface area contributed by atoms with E-state index in [-0.39, 0.29) is 47.5 Å². The number of pyridine rings is 2. The van der Waals surface area contributed by atoms with E-state index in [1.807, 2.05) is 62.4 Å². The maximum absolute atomic E-state index is 15.8. The first kappa shape index (κ1) is 45.1. The van der Waals surface area contributed by atoms with Gasteiger partial charge in [-0.05, 0) is 128 Å². The zero-order valence-corrected chi connectivity index (χ0v) is 39.2. The summed E-state index contributed by atoms with van der Waals surface area (Å²) in [6, 6.07) is 32.5. The highest BCUT2D eigenvalue weighted by atomic mass is 19.1. The first-order chi connectivity index (χ1) is 34.7. The lowest BCUT2D eigenvalue weighted by molar-refractivity contribution is 0.253. The Morgan fingerprint density at radius 2 is 1.28 bits per heavy atom. The molecule has 0 saturated carbocycles. The number of hydrogen-bond donors (Lipinski definition) is 3. The number of rotatable bonds is 8. The minimum absolute atomic E-state index is 0.0174. The van der Waals surface area contributed by atoms with Gasteiger partial charge in [0.25, 0.3) is 11.1 Å². The Morgan fingerprint density at radius 1 is 0.625 bits per heavy atom. The van der Waals surface area contributed by atoms with Crippen molar-refractivity contribution in [3.8, 4) is 45.9 Å². The number of halogens is 2. The Kier molecular flexibility index (Phi) is 11.0. The second-order valence-electron chi connectivity index (χ2n) is 17.6. The van der Waals surface area contributed by atoms with Crippen molar-refractivity contribution in [1.29, 1.82) is 0 Å². The van der Waals surface area contributed by atoms with Gasteiger partial charge in [0.2, 0.25) is 0 Å². The fraction of sp³-hybridized carbons (Fsp3) is 0.127. The molecule has 0 spiro atoms. The molecule has 0 fully saturated rings.